The van der Waals surface area contributed by atoms with Crippen LogP contribution in [0.1, 0.15) is 10.6 Å². The molecule has 4 nitrogen and oxygen atoms in total. The van der Waals surface area contributed by atoms with Gasteiger partial charge in [-0.1, -0.05) is 23.7 Å². The number of esters is 1. The second-order valence-corrected chi connectivity index (χ2v) is 3.55. The number of ether oxygens (including phenoxy) is 2. The van der Waals surface area contributed by atoms with Gasteiger partial charge in [0.1, 0.15) is 5.75 Å². The summed E-state index contributed by atoms with van der Waals surface area (Å²) in [5, 5.41) is 0.462. The average Bonchev–Trinajstić information content (AvgIpc) is 2.80. The van der Waals surface area contributed by atoms with E-state index >= 15 is 0 Å². The molecule has 0 amide bonds. The lowest BCUT2D eigenvalue weighted by Crippen LogP contribution is -1.98. The Morgan fingerprint density at radius 3 is 2.71 bits per heavy atom. The highest BCUT2D eigenvalue weighted by atomic mass is 35.5. The summed E-state index contributed by atoms with van der Waals surface area (Å²) in [6.07, 6.45) is 0. The molecule has 0 saturated heterocycles. The van der Waals surface area contributed by atoms with Crippen LogP contribution < -0.4 is 4.74 Å². The summed E-state index contributed by atoms with van der Waals surface area (Å²) in [5.74, 6) is 0.159. The molecule has 17 heavy (non-hydrogen) atoms. The van der Waals surface area contributed by atoms with Gasteiger partial charge in [-0.25, -0.2) is 4.79 Å². The molecule has 0 atom stereocenters. The predicted octanol–water partition coefficient (Wildman–Crippen LogP) is 3.51. The number of para-hydroxylation sites is 1. The van der Waals surface area contributed by atoms with Crippen LogP contribution in [0, 0.1) is 0 Å². The second-order valence-electron chi connectivity index (χ2n) is 3.14. The molecule has 0 bridgehead atoms. The smallest absolute Gasteiger partial charge is 0.374 e. The van der Waals surface area contributed by atoms with Crippen molar-refractivity contribution in [3.8, 4) is 11.7 Å². The zero-order valence-electron chi connectivity index (χ0n) is 8.98. The predicted molar refractivity (Wildman–Crippen MR) is 61.6 cm³/mol. The van der Waals surface area contributed by atoms with Crippen molar-refractivity contribution in [3.05, 3.63) is 47.2 Å². The number of methoxy groups -OCH3 is 1. The van der Waals surface area contributed by atoms with E-state index < -0.39 is 5.97 Å². The van der Waals surface area contributed by atoms with Crippen molar-refractivity contribution in [2.75, 3.05) is 7.11 Å². The topological polar surface area (TPSA) is 48.7 Å². The molecule has 0 saturated carbocycles. The van der Waals surface area contributed by atoms with Crippen molar-refractivity contribution in [2.45, 2.75) is 0 Å². The third-order valence-corrected chi connectivity index (χ3v) is 2.33. The van der Waals surface area contributed by atoms with E-state index in [1.54, 1.807) is 24.3 Å². The number of hydrogen-bond donors (Lipinski definition) is 0. The summed E-state index contributed by atoms with van der Waals surface area (Å²) in [4.78, 5) is 11.1. The molecule has 0 radical (unpaired) electrons. The molecule has 0 aliphatic rings. The van der Waals surface area contributed by atoms with Gasteiger partial charge < -0.3 is 13.9 Å². The van der Waals surface area contributed by atoms with Gasteiger partial charge in [0.05, 0.1) is 12.1 Å². The molecule has 1 heterocycles. The Labute approximate surface area is 103 Å². The number of rotatable bonds is 3. The van der Waals surface area contributed by atoms with Crippen molar-refractivity contribution in [3.63, 3.8) is 0 Å². The Morgan fingerprint density at radius 1 is 1.24 bits per heavy atom. The minimum atomic E-state index is -0.556. The molecule has 0 spiro atoms. The number of benzene rings is 1. The van der Waals surface area contributed by atoms with Gasteiger partial charge in [-0.2, -0.15) is 0 Å². The monoisotopic (exact) mass is 252 g/mol. The number of carbonyl (C=O) groups is 1. The van der Waals surface area contributed by atoms with Gasteiger partial charge in [0, 0.05) is 6.07 Å². The fourth-order valence-electron chi connectivity index (χ4n) is 1.22. The summed E-state index contributed by atoms with van der Waals surface area (Å²) < 4.78 is 15.0. The van der Waals surface area contributed by atoms with Gasteiger partial charge in [-0.3, -0.25) is 0 Å². The van der Waals surface area contributed by atoms with E-state index in [4.69, 9.17) is 20.8 Å². The summed E-state index contributed by atoms with van der Waals surface area (Å²) in [6, 6.07) is 9.96. The van der Waals surface area contributed by atoms with E-state index in [0.29, 0.717) is 10.8 Å². The maximum atomic E-state index is 11.1. The molecule has 0 aliphatic heterocycles. The van der Waals surface area contributed by atoms with Crippen LogP contribution in [0.4, 0.5) is 0 Å². The van der Waals surface area contributed by atoms with Crippen LogP contribution in [0.2, 0.25) is 5.02 Å². The molecule has 0 fully saturated rings. The van der Waals surface area contributed by atoms with Crippen LogP contribution in [0.5, 0.6) is 11.7 Å². The van der Waals surface area contributed by atoms with Gasteiger partial charge in [-0.15, -0.1) is 0 Å². The Bertz CT molecular complexity index is 533. The lowest BCUT2D eigenvalue weighted by molar-refractivity contribution is 0.0560. The van der Waals surface area contributed by atoms with Gasteiger partial charge in [0.25, 0.3) is 5.95 Å². The zero-order chi connectivity index (χ0) is 12.3. The van der Waals surface area contributed by atoms with Gasteiger partial charge >= 0.3 is 5.97 Å². The zero-order valence-corrected chi connectivity index (χ0v) is 9.73. The number of furan rings is 1. The minimum absolute atomic E-state index is 0.0783. The highest BCUT2D eigenvalue weighted by Crippen LogP contribution is 2.29. The first-order chi connectivity index (χ1) is 8.20. The van der Waals surface area contributed by atoms with Gasteiger partial charge in [0.2, 0.25) is 5.76 Å². The van der Waals surface area contributed by atoms with Crippen LogP contribution in [0.15, 0.2) is 40.8 Å². The molecule has 5 heteroatoms. The Hall–Kier alpha value is -1.94. The van der Waals surface area contributed by atoms with Crippen molar-refractivity contribution in [1.82, 2.24) is 0 Å². The number of carbonyl (C=O) groups excluding carboxylic acids is 1. The fourth-order valence-corrected chi connectivity index (χ4v) is 1.40. The summed E-state index contributed by atoms with van der Waals surface area (Å²) in [6.45, 7) is 0. The minimum Gasteiger partial charge on any atom is -0.463 e. The molecule has 0 N–H and O–H groups in total. The first-order valence-corrected chi connectivity index (χ1v) is 5.19. The molecule has 0 aliphatic carbocycles. The maximum Gasteiger partial charge on any atom is 0.374 e. The summed E-state index contributed by atoms with van der Waals surface area (Å²) >= 11 is 5.91. The first-order valence-electron chi connectivity index (χ1n) is 4.81. The number of hydrogen-bond acceptors (Lipinski definition) is 4. The largest absolute Gasteiger partial charge is 0.463 e. The standard InChI is InChI=1S/C12H9ClO4/c1-15-12(14)10-6-7-11(17-10)16-9-5-3-2-4-8(9)13/h2-7H,1H3. The molecule has 1 aromatic carbocycles. The van der Waals surface area contributed by atoms with E-state index in [1.165, 1.54) is 19.2 Å². The third-order valence-electron chi connectivity index (χ3n) is 2.02. The van der Waals surface area contributed by atoms with Crippen molar-refractivity contribution in [2.24, 2.45) is 0 Å². The molecular formula is C12H9ClO4. The second kappa shape index (κ2) is 4.93. The van der Waals surface area contributed by atoms with Crippen LogP contribution in [-0.4, -0.2) is 13.1 Å². The van der Waals surface area contributed by atoms with Crippen molar-refractivity contribution >= 4 is 17.6 Å². The molecule has 1 aromatic heterocycles. The van der Waals surface area contributed by atoms with Crippen LogP contribution in [0.3, 0.4) is 0 Å². The maximum absolute atomic E-state index is 11.1. The molecule has 2 rings (SSSR count). The number of halogens is 1. The van der Waals surface area contributed by atoms with E-state index in [1.807, 2.05) is 0 Å². The van der Waals surface area contributed by atoms with Gasteiger partial charge in [-0.05, 0) is 18.2 Å². The van der Waals surface area contributed by atoms with Crippen LogP contribution in [-0.2, 0) is 4.74 Å². The van der Waals surface area contributed by atoms with Crippen LogP contribution in [0.25, 0.3) is 0 Å². The normalized spacial score (nSPS) is 10.0. The van der Waals surface area contributed by atoms with E-state index in [2.05, 4.69) is 4.74 Å². The van der Waals surface area contributed by atoms with Crippen molar-refractivity contribution in [1.29, 1.82) is 0 Å². The van der Waals surface area contributed by atoms with Gasteiger partial charge in [0.15, 0.2) is 0 Å². The van der Waals surface area contributed by atoms with Crippen LogP contribution >= 0.6 is 11.6 Å². The molecule has 88 valence electrons. The quantitative estimate of drug-likeness (QED) is 0.785. The lowest BCUT2D eigenvalue weighted by atomic mass is 10.3. The molecule has 2 aromatic rings. The van der Waals surface area contributed by atoms with Crippen molar-refractivity contribution < 1.29 is 18.7 Å². The highest BCUT2D eigenvalue weighted by molar-refractivity contribution is 6.32. The highest BCUT2D eigenvalue weighted by Gasteiger charge is 2.12. The summed E-state index contributed by atoms with van der Waals surface area (Å²) in [7, 11) is 1.28. The molecular weight excluding hydrogens is 244 g/mol. The fraction of sp³-hybridized carbons (Fsp3) is 0.0833. The first kappa shape index (κ1) is 11.5. The lowest BCUT2D eigenvalue weighted by Gasteiger charge is -2.03. The van der Waals surface area contributed by atoms with E-state index in [-0.39, 0.29) is 11.7 Å². The summed E-state index contributed by atoms with van der Waals surface area (Å²) in [5.41, 5.74) is 0. The Morgan fingerprint density at radius 2 is 2.00 bits per heavy atom. The van der Waals surface area contributed by atoms with E-state index in [0.717, 1.165) is 0 Å². The average molecular weight is 253 g/mol. The SMILES string of the molecule is COC(=O)c1ccc(Oc2ccccc2Cl)o1. The molecule has 0 unspecified atom stereocenters. The van der Waals surface area contributed by atoms with E-state index in [9.17, 15) is 4.79 Å². The third kappa shape index (κ3) is 2.60. The Balaban J connectivity index is 2.17. The Kier molecular flexibility index (Phi) is 3.35.